The highest BCUT2D eigenvalue weighted by atomic mass is 35.5. The molecule has 1 aromatic rings. The van der Waals surface area contributed by atoms with Gasteiger partial charge in [0.05, 0.1) is 6.61 Å². The van der Waals surface area contributed by atoms with Crippen LogP contribution in [0.5, 0.6) is 0 Å². The van der Waals surface area contributed by atoms with Gasteiger partial charge in [-0.25, -0.2) is 0 Å². The highest BCUT2D eigenvalue weighted by Gasteiger charge is 1.92. The Balaban J connectivity index is 2.07. The standard InChI is InChI=1S/C10H14ClNO/c11-5-8-13-7-2-4-10-3-1-6-12-9-10/h1,3,6,9H,2,4-5,7-8H2. The van der Waals surface area contributed by atoms with E-state index in [9.17, 15) is 0 Å². The van der Waals surface area contributed by atoms with Gasteiger partial charge in [0.2, 0.25) is 0 Å². The molecule has 0 saturated carbocycles. The average Bonchev–Trinajstić information content (AvgIpc) is 2.19. The Morgan fingerprint density at radius 3 is 3.00 bits per heavy atom. The van der Waals surface area contributed by atoms with Crippen LogP contribution in [0.15, 0.2) is 24.5 Å². The second kappa shape index (κ2) is 6.87. The van der Waals surface area contributed by atoms with Crippen LogP contribution in [0.3, 0.4) is 0 Å². The van der Waals surface area contributed by atoms with Crippen molar-refractivity contribution in [3.63, 3.8) is 0 Å². The van der Waals surface area contributed by atoms with Crippen molar-refractivity contribution in [3.8, 4) is 0 Å². The lowest BCUT2D eigenvalue weighted by molar-refractivity contribution is 0.147. The van der Waals surface area contributed by atoms with Gasteiger partial charge in [0.15, 0.2) is 0 Å². The Bertz CT molecular complexity index is 215. The summed E-state index contributed by atoms with van der Waals surface area (Å²) in [6.45, 7) is 1.43. The smallest absolute Gasteiger partial charge is 0.0601 e. The molecule has 0 N–H and O–H groups in total. The van der Waals surface area contributed by atoms with Crippen molar-refractivity contribution in [1.82, 2.24) is 4.98 Å². The second-order valence-corrected chi connectivity index (χ2v) is 3.14. The third-order valence-electron chi connectivity index (χ3n) is 1.70. The van der Waals surface area contributed by atoms with Crippen molar-refractivity contribution in [2.75, 3.05) is 19.1 Å². The molecule has 0 aromatic carbocycles. The van der Waals surface area contributed by atoms with E-state index in [1.54, 1.807) is 6.20 Å². The van der Waals surface area contributed by atoms with Gasteiger partial charge in [0.25, 0.3) is 0 Å². The molecule has 0 unspecified atom stereocenters. The average molecular weight is 200 g/mol. The zero-order valence-corrected chi connectivity index (χ0v) is 8.33. The Morgan fingerprint density at radius 2 is 2.31 bits per heavy atom. The summed E-state index contributed by atoms with van der Waals surface area (Å²) in [5, 5.41) is 0. The number of alkyl halides is 1. The number of aromatic nitrogens is 1. The van der Waals surface area contributed by atoms with Crippen LogP contribution >= 0.6 is 11.6 Å². The number of hydrogen-bond acceptors (Lipinski definition) is 2. The number of hydrogen-bond donors (Lipinski definition) is 0. The first-order chi connectivity index (χ1) is 6.43. The SMILES string of the molecule is ClCCOCCCc1cccnc1. The Morgan fingerprint density at radius 1 is 1.38 bits per heavy atom. The summed E-state index contributed by atoms with van der Waals surface area (Å²) in [5.41, 5.74) is 1.26. The van der Waals surface area contributed by atoms with Crippen molar-refractivity contribution in [3.05, 3.63) is 30.1 Å². The molecule has 0 amide bonds. The zero-order chi connectivity index (χ0) is 9.36. The summed E-state index contributed by atoms with van der Waals surface area (Å²) in [6.07, 6.45) is 5.73. The van der Waals surface area contributed by atoms with Gasteiger partial charge in [0.1, 0.15) is 0 Å². The monoisotopic (exact) mass is 199 g/mol. The molecule has 13 heavy (non-hydrogen) atoms. The normalized spacial score (nSPS) is 10.2. The van der Waals surface area contributed by atoms with Gasteiger partial charge in [-0.2, -0.15) is 0 Å². The summed E-state index contributed by atoms with van der Waals surface area (Å²) in [5.74, 6) is 0.576. The van der Waals surface area contributed by atoms with Crippen LogP contribution in [-0.2, 0) is 11.2 Å². The minimum Gasteiger partial charge on any atom is -0.380 e. The quantitative estimate of drug-likeness (QED) is 0.518. The van der Waals surface area contributed by atoms with Gasteiger partial charge in [-0.05, 0) is 24.5 Å². The largest absolute Gasteiger partial charge is 0.380 e. The molecule has 2 nitrogen and oxygen atoms in total. The van der Waals surface area contributed by atoms with Gasteiger partial charge in [-0.1, -0.05) is 6.07 Å². The van der Waals surface area contributed by atoms with Crippen molar-refractivity contribution in [1.29, 1.82) is 0 Å². The van der Waals surface area contributed by atoms with Gasteiger partial charge >= 0.3 is 0 Å². The van der Waals surface area contributed by atoms with Crippen LogP contribution in [0.1, 0.15) is 12.0 Å². The van der Waals surface area contributed by atoms with E-state index in [1.165, 1.54) is 5.56 Å². The first-order valence-electron chi connectivity index (χ1n) is 4.46. The number of nitrogens with zero attached hydrogens (tertiary/aromatic N) is 1. The first-order valence-corrected chi connectivity index (χ1v) is 4.99. The van der Waals surface area contributed by atoms with E-state index in [-0.39, 0.29) is 0 Å². The van der Waals surface area contributed by atoms with Gasteiger partial charge in [-0.15, -0.1) is 11.6 Å². The predicted octanol–water partition coefficient (Wildman–Crippen LogP) is 2.27. The number of halogens is 1. The molecule has 0 saturated heterocycles. The maximum absolute atomic E-state index is 5.46. The minimum absolute atomic E-state index is 0.576. The van der Waals surface area contributed by atoms with E-state index in [0.29, 0.717) is 12.5 Å². The maximum Gasteiger partial charge on any atom is 0.0601 e. The summed E-state index contributed by atoms with van der Waals surface area (Å²) in [4.78, 5) is 4.04. The zero-order valence-electron chi connectivity index (χ0n) is 7.58. The van der Waals surface area contributed by atoms with Crippen molar-refractivity contribution in [2.24, 2.45) is 0 Å². The molecule has 0 aliphatic carbocycles. The van der Waals surface area contributed by atoms with E-state index in [0.717, 1.165) is 19.4 Å². The van der Waals surface area contributed by atoms with Crippen LogP contribution in [0.25, 0.3) is 0 Å². The van der Waals surface area contributed by atoms with E-state index in [2.05, 4.69) is 11.1 Å². The number of aryl methyl sites for hydroxylation is 1. The van der Waals surface area contributed by atoms with E-state index >= 15 is 0 Å². The Labute approximate surface area is 83.9 Å². The summed E-state index contributed by atoms with van der Waals surface area (Å²) < 4.78 is 5.25. The molecule has 0 atom stereocenters. The van der Waals surface area contributed by atoms with Gasteiger partial charge in [-0.3, -0.25) is 4.98 Å². The molecule has 0 aliphatic rings. The molecule has 3 heteroatoms. The molecule has 0 fully saturated rings. The van der Waals surface area contributed by atoms with Crippen LogP contribution < -0.4 is 0 Å². The molecule has 0 spiro atoms. The highest BCUT2D eigenvalue weighted by molar-refractivity contribution is 6.17. The molecule has 0 bridgehead atoms. The number of pyridine rings is 1. The molecular weight excluding hydrogens is 186 g/mol. The van der Waals surface area contributed by atoms with Crippen LogP contribution in [-0.4, -0.2) is 24.1 Å². The maximum atomic E-state index is 5.46. The minimum atomic E-state index is 0.576. The first kappa shape index (κ1) is 10.5. The fourth-order valence-electron chi connectivity index (χ4n) is 1.08. The second-order valence-electron chi connectivity index (χ2n) is 2.77. The van der Waals surface area contributed by atoms with Crippen molar-refractivity contribution < 1.29 is 4.74 Å². The van der Waals surface area contributed by atoms with E-state index in [1.807, 2.05) is 12.3 Å². The van der Waals surface area contributed by atoms with Gasteiger partial charge < -0.3 is 4.74 Å². The fourth-order valence-corrected chi connectivity index (χ4v) is 1.19. The van der Waals surface area contributed by atoms with E-state index < -0.39 is 0 Å². The molecule has 1 aromatic heterocycles. The highest BCUT2D eigenvalue weighted by Crippen LogP contribution is 2.00. The lowest BCUT2D eigenvalue weighted by Crippen LogP contribution is -1.99. The third-order valence-corrected chi connectivity index (χ3v) is 1.85. The fraction of sp³-hybridized carbons (Fsp3) is 0.500. The third kappa shape index (κ3) is 4.86. The van der Waals surface area contributed by atoms with Crippen molar-refractivity contribution in [2.45, 2.75) is 12.8 Å². The molecule has 1 heterocycles. The van der Waals surface area contributed by atoms with E-state index in [4.69, 9.17) is 16.3 Å². The summed E-state index contributed by atoms with van der Waals surface area (Å²) >= 11 is 5.46. The Kier molecular flexibility index (Phi) is 5.54. The van der Waals surface area contributed by atoms with Crippen LogP contribution in [0, 0.1) is 0 Å². The summed E-state index contributed by atoms with van der Waals surface area (Å²) in [7, 11) is 0. The summed E-state index contributed by atoms with van der Waals surface area (Å²) in [6, 6.07) is 4.03. The molecule has 72 valence electrons. The number of ether oxygens (including phenoxy) is 1. The lowest BCUT2D eigenvalue weighted by Gasteiger charge is -2.01. The molecular formula is C10H14ClNO. The lowest BCUT2D eigenvalue weighted by atomic mass is 10.2. The number of rotatable bonds is 6. The van der Waals surface area contributed by atoms with Crippen LogP contribution in [0.4, 0.5) is 0 Å². The van der Waals surface area contributed by atoms with Crippen molar-refractivity contribution >= 4 is 11.6 Å². The molecule has 1 rings (SSSR count). The van der Waals surface area contributed by atoms with Crippen LogP contribution in [0.2, 0.25) is 0 Å². The topological polar surface area (TPSA) is 22.1 Å². The molecule has 0 radical (unpaired) electrons. The predicted molar refractivity (Wildman–Crippen MR) is 54.1 cm³/mol. The Hall–Kier alpha value is -0.600. The molecule has 0 aliphatic heterocycles. The van der Waals surface area contributed by atoms with Gasteiger partial charge in [0, 0.05) is 24.9 Å².